The molecule has 0 aromatic carbocycles. The first-order chi connectivity index (χ1) is 8.15. The van der Waals surface area contributed by atoms with Crippen molar-refractivity contribution >= 4 is 12.6 Å². The van der Waals surface area contributed by atoms with Crippen LogP contribution in [0.25, 0.3) is 0 Å². The standard InChI is InChI=1S/C12H26S.C3H8O/c1-2-3-4-5-6-7-8-9-10-11-12-13;1-3(2)4/h13H,2-12H2,1H3;3-4H,1-2H3. The van der Waals surface area contributed by atoms with Crippen LogP contribution in [0.4, 0.5) is 0 Å². The Kier molecular flexibility index (Phi) is 21.6. The Labute approximate surface area is 115 Å². The maximum absolute atomic E-state index is 8.06. The molecule has 1 N–H and O–H groups in total. The molecular weight excluding hydrogens is 228 g/mol. The SMILES string of the molecule is CC(C)O.CCCCCCCCCCCCS. The molecule has 0 aliphatic carbocycles. The van der Waals surface area contributed by atoms with Gasteiger partial charge in [0.25, 0.3) is 0 Å². The third kappa shape index (κ3) is 31.4. The fraction of sp³-hybridized carbons (Fsp3) is 1.00. The zero-order valence-electron chi connectivity index (χ0n) is 12.2. The average Bonchev–Trinajstić information content (AvgIpc) is 2.26. The van der Waals surface area contributed by atoms with E-state index in [0.717, 1.165) is 5.75 Å². The molecule has 0 aromatic rings. The number of aliphatic hydroxyl groups excluding tert-OH is 1. The zero-order valence-corrected chi connectivity index (χ0v) is 13.1. The van der Waals surface area contributed by atoms with E-state index >= 15 is 0 Å². The molecule has 0 amide bonds. The van der Waals surface area contributed by atoms with Crippen LogP contribution in [0.3, 0.4) is 0 Å². The molecule has 2 heteroatoms. The van der Waals surface area contributed by atoms with Gasteiger partial charge in [-0.15, -0.1) is 0 Å². The Morgan fingerprint density at radius 2 is 1.06 bits per heavy atom. The summed E-state index contributed by atoms with van der Waals surface area (Å²) < 4.78 is 0. The molecule has 0 aliphatic heterocycles. The Balaban J connectivity index is 0. The second kappa shape index (κ2) is 18.7. The smallest absolute Gasteiger partial charge is 0.0483 e. The van der Waals surface area contributed by atoms with Gasteiger partial charge in [-0.1, -0.05) is 64.7 Å². The summed E-state index contributed by atoms with van der Waals surface area (Å²) in [6, 6.07) is 0. The minimum absolute atomic E-state index is 0.167. The van der Waals surface area contributed by atoms with Crippen molar-refractivity contribution in [1.82, 2.24) is 0 Å². The van der Waals surface area contributed by atoms with Crippen LogP contribution in [0.2, 0.25) is 0 Å². The van der Waals surface area contributed by atoms with Crippen molar-refractivity contribution in [3.05, 3.63) is 0 Å². The Morgan fingerprint density at radius 3 is 1.35 bits per heavy atom. The average molecular weight is 263 g/mol. The molecule has 0 heterocycles. The summed E-state index contributed by atoms with van der Waals surface area (Å²) in [6.07, 6.45) is 14.0. The maximum atomic E-state index is 8.06. The van der Waals surface area contributed by atoms with Crippen molar-refractivity contribution in [3.63, 3.8) is 0 Å². The van der Waals surface area contributed by atoms with E-state index in [9.17, 15) is 0 Å². The van der Waals surface area contributed by atoms with Crippen LogP contribution in [-0.4, -0.2) is 17.0 Å². The van der Waals surface area contributed by atoms with Crippen LogP contribution in [0.15, 0.2) is 0 Å². The van der Waals surface area contributed by atoms with E-state index in [4.69, 9.17) is 5.11 Å². The summed E-state index contributed by atoms with van der Waals surface area (Å²) in [6.45, 7) is 5.72. The van der Waals surface area contributed by atoms with Crippen LogP contribution < -0.4 is 0 Å². The van der Waals surface area contributed by atoms with Crippen LogP contribution in [-0.2, 0) is 0 Å². The minimum atomic E-state index is -0.167. The predicted molar refractivity (Wildman–Crippen MR) is 83.1 cm³/mol. The molecule has 0 unspecified atom stereocenters. The molecule has 0 saturated heterocycles. The van der Waals surface area contributed by atoms with E-state index in [-0.39, 0.29) is 6.10 Å². The molecular formula is C15H34OS. The van der Waals surface area contributed by atoms with Gasteiger partial charge in [0.15, 0.2) is 0 Å². The van der Waals surface area contributed by atoms with Gasteiger partial charge in [0.1, 0.15) is 0 Å². The van der Waals surface area contributed by atoms with Gasteiger partial charge in [0, 0.05) is 6.10 Å². The van der Waals surface area contributed by atoms with E-state index in [0.29, 0.717) is 0 Å². The van der Waals surface area contributed by atoms with Crippen molar-refractivity contribution in [3.8, 4) is 0 Å². The summed E-state index contributed by atoms with van der Waals surface area (Å²) >= 11 is 4.20. The molecule has 106 valence electrons. The highest BCUT2D eigenvalue weighted by atomic mass is 32.1. The van der Waals surface area contributed by atoms with Gasteiger partial charge in [-0.2, -0.15) is 12.6 Å². The first kappa shape index (κ1) is 19.6. The molecule has 1 nitrogen and oxygen atoms in total. The van der Waals surface area contributed by atoms with Crippen molar-refractivity contribution in [2.24, 2.45) is 0 Å². The molecule has 0 aromatic heterocycles. The molecule has 0 fully saturated rings. The van der Waals surface area contributed by atoms with Crippen LogP contribution >= 0.6 is 12.6 Å². The van der Waals surface area contributed by atoms with E-state index in [1.807, 2.05) is 0 Å². The van der Waals surface area contributed by atoms with Crippen LogP contribution in [0, 0.1) is 0 Å². The lowest BCUT2D eigenvalue weighted by molar-refractivity contribution is 0.216. The third-order valence-corrected chi connectivity index (χ3v) is 2.83. The van der Waals surface area contributed by atoms with Gasteiger partial charge in [-0.25, -0.2) is 0 Å². The molecule has 0 saturated carbocycles. The number of unbranched alkanes of at least 4 members (excludes halogenated alkanes) is 9. The summed E-state index contributed by atoms with van der Waals surface area (Å²) in [7, 11) is 0. The van der Waals surface area contributed by atoms with E-state index in [2.05, 4.69) is 19.6 Å². The molecule has 0 spiro atoms. The van der Waals surface area contributed by atoms with Crippen LogP contribution in [0.5, 0.6) is 0 Å². The monoisotopic (exact) mass is 262 g/mol. The predicted octanol–water partition coefficient (Wildman–Crippen LogP) is 5.22. The number of rotatable bonds is 10. The summed E-state index contributed by atoms with van der Waals surface area (Å²) in [5, 5.41) is 8.06. The van der Waals surface area contributed by atoms with Crippen molar-refractivity contribution in [2.75, 3.05) is 5.75 Å². The van der Waals surface area contributed by atoms with E-state index < -0.39 is 0 Å². The quantitative estimate of drug-likeness (QED) is 0.408. The van der Waals surface area contributed by atoms with Crippen molar-refractivity contribution < 1.29 is 5.11 Å². The Morgan fingerprint density at radius 1 is 0.765 bits per heavy atom. The van der Waals surface area contributed by atoms with Crippen LogP contribution in [0.1, 0.15) is 85.0 Å². The second-order valence-corrected chi connectivity index (χ2v) is 5.45. The Hall–Kier alpha value is 0.310. The number of hydrogen-bond donors (Lipinski definition) is 2. The lowest BCUT2D eigenvalue weighted by Gasteiger charge is -2.00. The number of aliphatic hydroxyl groups is 1. The molecule has 0 rings (SSSR count). The topological polar surface area (TPSA) is 20.2 Å². The third-order valence-electron chi connectivity index (χ3n) is 2.51. The van der Waals surface area contributed by atoms with Crippen molar-refractivity contribution in [1.29, 1.82) is 0 Å². The van der Waals surface area contributed by atoms with Gasteiger partial charge < -0.3 is 5.11 Å². The summed E-state index contributed by atoms with van der Waals surface area (Å²) in [4.78, 5) is 0. The minimum Gasteiger partial charge on any atom is -0.394 e. The maximum Gasteiger partial charge on any atom is 0.0483 e. The molecule has 0 atom stereocenters. The fourth-order valence-corrected chi connectivity index (χ4v) is 1.82. The molecule has 0 radical (unpaired) electrons. The summed E-state index contributed by atoms with van der Waals surface area (Å²) in [5.74, 6) is 1.07. The van der Waals surface area contributed by atoms with Gasteiger partial charge in [0.05, 0.1) is 0 Å². The second-order valence-electron chi connectivity index (χ2n) is 5.00. The van der Waals surface area contributed by atoms with Gasteiger partial charge in [0.2, 0.25) is 0 Å². The van der Waals surface area contributed by atoms with E-state index in [1.165, 1.54) is 64.2 Å². The highest BCUT2D eigenvalue weighted by molar-refractivity contribution is 7.80. The molecule has 0 aliphatic rings. The first-order valence-electron chi connectivity index (χ1n) is 7.44. The fourth-order valence-electron chi connectivity index (χ4n) is 1.60. The summed E-state index contributed by atoms with van der Waals surface area (Å²) in [5.41, 5.74) is 0. The highest BCUT2D eigenvalue weighted by Gasteiger charge is 1.91. The highest BCUT2D eigenvalue weighted by Crippen LogP contribution is 2.10. The van der Waals surface area contributed by atoms with Crippen molar-refractivity contribution in [2.45, 2.75) is 91.1 Å². The number of hydrogen-bond acceptors (Lipinski definition) is 2. The van der Waals surface area contributed by atoms with Gasteiger partial charge >= 0.3 is 0 Å². The molecule has 17 heavy (non-hydrogen) atoms. The van der Waals surface area contributed by atoms with E-state index in [1.54, 1.807) is 13.8 Å². The normalized spacial score (nSPS) is 10.2. The first-order valence-corrected chi connectivity index (χ1v) is 8.07. The number of thiol groups is 1. The Bertz CT molecular complexity index is 103. The lowest BCUT2D eigenvalue weighted by Crippen LogP contribution is -1.85. The largest absolute Gasteiger partial charge is 0.394 e. The zero-order chi connectivity index (χ0) is 13.4. The van der Waals surface area contributed by atoms with Gasteiger partial charge in [-0.05, 0) is 26.0 Å². The van der Waals surface area contributed by atoms with Gasteiger partial charge in [-0.3, -0.25) is 0 Å². The lowest BCUT2D eigenvalue weighted by atomic mass is 10.1. The molecule has 0 bridgehead atoms.